The van der Waals surface area contributed by atoms with E-state index in [1.54, 1.807) is 36.4 Å². The van der Waals surface area contributed by atoms with E-state index in [1.807, 2.05) is 0 Å². The molecule has 4 rings (SSSR count). The van der Waals surface area contributed by atoms with Crippen molar-refractivity contribution < 1.29 is 18.4 Å². The third-order valence-corrected chi connectivity index (χ3v) is 6.87. The zero-order chi connectivity index (χ0) is 22.2. The Morgan fingerprint density at radius 2 is 1.61 bits per heavy atom. The Kier molecular flexibility index (Phi) is 5.38. The summed E-state index contributed by atoms with van der Waals surface area (Å²) in [5.74, 6) is 0.0898. The Morgan fingerprint density at radius 1 is 1.00 bits per heavy atom. The quantitative estimate of drug-likeness (QED) is 0.447. The van der Waals surface area contributed by atoms with Crippen molar-refractivity contribution >= 4 is 33.0 Å². The molecule has 1 N–H and O–H groups in total. The molecule has 1 atom stereocenters. The number of benzene rings is 3. The summed E-state index contributed by atoms with van der Waals surface area (Å²) in [4.78, 5) is 10.2. The van der Waals surface area contributed by atoms with Gasteiger partial charge in [0.25, 0.3) is 15.7 Å². The lowest BCUT2D eigenvalue weighted by atomic mass is 9.99. The second-order valence-electron chi connectivity index (χ2n) is 6.89. The van der Waals surface area contributed by atoms with Gasteiger partial charge < -0.3 is 5.11 Å². The molecule has 0 fully saturated rings. The van der Waals surface area contributed by atoms with Crippen LogP contribution >= 0.6 is 11.6 Å². The highest BCUT2D eigenvalue weighted by Gasteiger charge is 2.37. The zero-order valence-corrected chi connectivity index (χ0v) is 17.5. The minimum Gasteiger partial charge on any atom is -0.508 e. The first-order chi connectivity index (χ1) is 14.8. The first-order valence-corrected chi connectivity index (χ1v) is 11.0. The van der Waals surface area contributed by atoms with Gasteiger partial charge in [0.2, 0.25) is 0 Å². The summed E-state index contributed by atoms with van der Waals surface area (Å²) in [5.41, 5.74) is 1.71. The average Bonchev–Trinajstić information content (AvgIpc) is 3.21. The highest BCUT2D eigenvalue weighted by molar-refractivity contribution is 7.89. The summed E-state index contributed by atoms with van der Waals surface area (Å²) >= 11 is 5.98. The molecule has 1 aliphatic heterocycles. The van der Waals surface area contributed by atoms with Crippen molar-refractivity contribution in [3.63, 3.8) is 0 Å². The van der Waals surface area contributed by atoms with Crippen LogP contribution in [0.5, 0.6) is 5.75 Å². The number of nitro benzene ring substituents is 1. The molecule has 0 amide bonds. The van der Waals surface area contributed by atoms with E-state index in [2.05, 4.69) is 5.10 Å². The van der Waals surface area contributed by atoms with E-state index >= 15 is 0 Å². The van der Waals surface area contributed by atoms with Gasteiger partial charge in [-0.2, -0.15) is 17.9 Å². The summed E-state index contributed by atoms with van der Waals surface area (Å²) < 4.78 is 27.8. The molecular weight excluding hydrogens is 442 g/mol. The van der Waals surface area contributed by atoms with E-state index < -0.39 is 21.0 Å². The first kappa shape index (κ1) is 20.8. The fourth-order valence-electron chi connectivity index (χ4n) is 3.32. The van der Waals surface area contributed by atoms with Crippen LogP contribution in [-0.2, 0) is 10.0 Å². The number of hydrogen-bond donors (Lipinski definition) is 1. The predicted molar refractivity (Wildman–Crippen MR) is 116 cm³/mol. The summed E-state index contributed by atoms with van der Waals surface area (Å²) in [6, 6.07) is 17.2. The van der Waals surface area contributed by atoms with Gasteiger partial charge in [-0.1, -0.05) is 23.7 Å². The Bertz CT molecular complexity index is 1260. The topological polar surface area (TPSA) is 113 Å². The summed E-state index contributed by atoms with van der Waals surface area (Å²) in [5, 5.41) is 25.3. The third-order valence-electron chi connectivity index (χ3n) is 4.92. The average molecular weight is 458 g/mol. The largest absolute Gasteiger partial charge is 0.508 e. The van der Waals surface area contributed by atoms with Crippen LogP contribution in [0.15, 0.2) is 82.8 Å². The Morgan fingerprint density at radius 3 is 2.19 bits per heavy atom. The number of halogens is 1. The van der Waals surface area contributed by atoms with E-state index in [-0.39, 0.29) is 16.3 Å². The summed E-state index contributed by atoms with van der Waals surface area (Å²) in [6.07, 6.45) is 0.304. The molecule has 0 saturated carbocycles. The van der Waals surface area contributed by atoms with Crippen molar-refractivity contribution in [1.82, 2.24) is 4.41 Å². The molecule has 1 aliphatic rings. The highest BCUT2D eigenvalue weighted by Crippen LogP contribution is 2.37. The van der Waals surface area contributed by atoms with Gasteiger partial charge in [-0.15, -0.1) is 0 Å². The van der Waals surface area contributed by atoms with Crippen LogP contribution < -0.4 is 0 Å². The molecule has 8 nitrogen and oxygen atoms in total. The number of rotatable bonds is 5. The fourth-order valence-corrected chi connectivity index (χ4v) is 4.88. The van der Waals surface area contributed by atoms with Gasteiger partial charge >= 0.3 is 0 Å². The van der Waals surface area contributed by atoms with E-state index in [4.69, 9.17) is 11.6 Å². The number of nitro groups is 1. The molecule has 0 radical (unpaired) electrons. The van der Waals surface area contributed by atoms with E-state index in [0.717, 1.165) is 16.5 Å². The SMILES string of the molecule is O=[N+]([O-])c1ccc(S(=O)(=O)N2N=C(c3ccc(O)cc3)CC2c2ccc(Cl)cc2)cc1. The van der Waals surface area contributed by atoms with Crippen LogP contribution in [0.2, 0.25) is 5.02 Å². The van der Waals surface area contributed by atoms with E-state index in [1.165, 1.54) is 24.3 Å². The second kappa shape index (κ2) is 8.01. The maximum atomic E-state index is 13.4. The lowest BCUT2D eigenvalue weighted by molar-refractivity contribution is -0.384. The Balaban J connectivity index is 1.77. The van der Waals surface area contributed by atoms with Crippen LogP contribution in [-0.4, -0.2) is 28.6 Å². The molecule has 0 aromatic heterocycles. The van der Waals surface area contributed by atoms with Gasteiger partial charge in [0, 0.05) is 23.6 Å². The fraction of sp³-hybridized carbons (Fsp3) is 0.0952. The number of hydrogen-bond acceptors (Lipinski definition) is 6. The summed E-state index contributed by atoms with van der Waals surface area (Å²) in [7, 11) is -4.10. The molecule has 1 unspecified atom stereocenters. The molecule has 0 saturated heterocycles. The number of hydrazone groups is 1. The Labute approximate surface area is 183 Å². The molecule has 0 spiro atoms. The van der Waals surface area contributed by atoms with E-state index in [0.29, 0.717) is 28.3 Å². The van der Waals surface area contributed by atoms with Crippen molar-refractivity contribution in [2.24, 2.45) is 5.10 Å². The minimum absolute atomic E-state index is 0.0898. The van der Waals surface area contributed by atoms with Gasteiger partial charge in [-0.25, -0.2) is 0 Å². The highest BCUT2D eigenvalue weighted by atomic mass is 35.5. The van der Waals surface area contributed by atoms with E-state index in [9.17, 15) is 23.6 Å². The molecule has 3 aromatic carbocycles. The monoisotopic (exact) mass is 457 g/mol. The smallest absolute Gasteiger partial charge is 0.279 e. The molecule has 31 heavy (non-hydrogen) atoms. The van der Waals surface area contributed by atoms with Crippen molar-refractivity contribution in [1.29, 1.82) is 0 Å². The molecule has 1 heterocycles. The summed E-state index contributed by atoms with van der Waals surface area (Å²) in [6.45, 7) is 0. The standard InChI is InChI=1S/C21H16ClN3O5S/c22-16-5-1-15(2-6-16)21-13-20(14-3-9-18(26)10-4-14)23-24(21)31(29,30)19-11-7-17(8-12-19)25(27)28/h1-12,21,26H,13H2. The lowest BCUT2D eigenvalue weighted by Crippen LogP contribution is -2.27. The molecule has 0 aliphatic carbocycles. The maximum Gasteiger partial charge on any atom is 0.279 e. The zero-order valence-electron chi connectivity index (χ0n) is 15.9. The number of phenols is 1. The van der Waals surface area contributed by atoms with Crippen LogP contribution in [0.25, 0.3) is 0 Å². The molecule has 158 valence electrons. The van der Waals surface area contributed by atoms with Gasteiger partial charge in [0.15, 0.2) is 0 Å². The van der Waals surface area contributed by atoms with Gasteiger partial charge in [0.1, 0.15) is 5.75 Å². The molecular formula is C21H16ClN3O5S. The Hall–Kier alpha value is -3.43. The van der Waals surface area contributed by atoms with Crippen LogP contribution in [0.3, 0.4) is 0 Å². The van der Waals surface area contributed by atoms with Gasteiger partial charge in [-0.3, -0.25) is 10.1 Å². The molecule has 10 heteroatoms. The van der Waals surface area contributed by atoms with Crippen molar-refractivity contribution in [2.75, 3.05) is 0 Å². The van der Waals surface area contributed by atoms with Gasteiger partial charge in [0.05, 0.1) is 21.6 Å². The van der Waals surface area contributed by atoms with Crippen LogP contribution in [0, 0.1) is 10.1 Å². The number of non-ortho nitro benzene ring substituents is 1. The minimum atomic E-state index is -4.10. The lowest BCUT2D eigenvalue weighted by Gasteiger charge is -2.23. The number of phenolic OH excluding ortho intramolecular Hbond substituents is 1. The van der Waals surface area contributed by atoms with Crippen molar-refractivity contribution in [2.45, 2.75) is 17.4 Å². The number of aromatic hydroxyl groups is 1. The number of nitrogens with zero attached hydrogens (tertiary/aromatic N) is 3. The van der Waals surface area contributed by atoms with Crippen LogP contribution in [0.1, 0.15) is 23.6 Å². The predicted octanol–water partition coefficient (Wildman–Crippen LogP) is 4.49. The third kappa shape index (κ3) is 4.10. The van der Waals surface area contributed by atoms with Gasteiger partial charge in [-0.05, 0) is 59.7 Å². The van der Waals surface area contributed by atoms with Crippen molar-refractivity contribution in [3.8, 4) is 5.75 Å². The second-order valence-corrected chi connectivity index (χ2v) is 9.13. The first-order valence-electron chi connectivity index (χ1n) is 9.17. The van der Waals surface area contributed by atoms with Crippen molar-refractivity contribution in [3.05, 3.63) is 99.1 Å². The molecule has 0 bridgehead atoms. The normalized spacial score (nSPS) is 16.2. The maximum absolute atomic E-state index is 13.4. The molecule has 3 aromatic rings. The van der Waals surface area contributed by atoms with Crippen LogP contribution in [0.4, 0.5) is 5.69 Å². The number of sulfonamides is 1.